The second-order valence-corrected chi connectivity index (χ2v) is 4.34. The molecule has 0 aliphatic carbocycles. The van der Waals surface area contributed by atoms with Gasteiger partial charge in [0.05, 0.1) is 0 Å². The van der Waals surface area contributed by atoms with Gasteiger partial charge in [0.1, 0.15) is 11.4 Å². The summed E-state index contributed by atoms with van der Waals surface area (Å²) in [6, 6.07) is 9.20. The first-order valence-electron chi connectivity index (χ1n) is 5.89. The highest BCUT2D eigenvalue weighted by Crippen LogP contribution is 2.34. The van der Waals surface area contributed by atoms with Gasteiger partial charge in [-0.05, 0) is 18.1 Å². The van der Waals surface area contributed by atoms with Crippen LogP contribution in [-0.2, 0) is 6.42 Å². The summed E-state index contributed by atoms with van der Waals surface area (Å²) in [7, 11) is 0. The molecule has 1 aliphatic rings. The van der Waals surface area contributed by atoms with Crippen molar-refractivity contribution in [3.8, 4) is 0 Å². The summed E-state index contributed by atoms with van der Waals surface area (Å²) in [6.07, 6.45) is 0.862. The number of carboxylic acids is 1. The van der Waals surface area contributed by atoms with Crippen molar-refractivity contribution >= 4 is 23.3 Å². The lowest BCUT2D eigenvalue weighted by Crippen LogP contribution is -2.19. The molecule has 0 atom stereocenters. The monoisotopic (exact) mass is 256 g/mol. The van der Waals surface area contributed by atoms with Crippen LogP contribution in [0.5, 0.6) is 0 Å². The van der Waals surface area contributed by atoms with Crippen LogP contribution in [-0.4, -0.2) is 27.8 Å². The molecule has 1 aromatic heterocycles. The number of benzene rings is 1. The number of hydrogen-bond donors (Lipinski definition) is 2. The Morgan fingerprint density at radius 1 is 1.32 bits per heavy atom. The Morgan fingerprint density at radius 2 is 2.11 bits per heavy atom. The van der Waals surface area contributed by atoms with Crippen LogP contribution in [0, 0.1) is 0 Å². The Hall–Kier alpha value is -2.63. The number of para-hydroxylation sites is 1. The van der Waals surface area contributed by atoms with Gasteiger partial charge in [-0.3, -0.25) is 0 Å². The fourth-order valence-electron chi connectivity index (χ4n) is 2.32. The maximum Gasteiger partial charge on any atom is 0.339 e. The summed E-state index contributed by atoms with van der Waals surface area (Å²) in [5, 5.41) is 17.0. The number of nitrogen functional groups attached to an aromatic ring is 1. The molecule has 0 radical (unpaired) electrons. The summed E-state index contributed by atoms with van der Waals surface area (Å²) in [5.41, 5.74) is 7.73. The number of nitrogens with zero attached hydrogens (tertiary/aromatic N) is 3. The Kier molecular flexibility index (Phi) is 2.56. The predicted octanol–water partition coefficient (Wildman–Crippen LogP) is 1.45. The zero-order valence-corrected chi connectivity index (χ0v) is 10.1. The largest absolute Gasteiger partial charge is 0.478 e. The lowest BCUT2D eigenvalue weighted by molar-refractivity contribution is 0.0697. The summed E-state index contributed by atoms with van der Waals surface area (Å²) >= 11 is 0. The fourth-order valence-corrected chi connectivity index (χ4v) is 2.32. The summed E-state index contributed by atoms with van der Waals surface area (Å²) in [6.45, 7) is 0.693. The van der Waals surface area contributed by atoms with Crippen molar-refractivity contribution in [1.29, 1.82) is 0 Å². The molecule has 96 valence electrons. The maximum atomic E-state index is 11.3. The van der Waals surface area contributed by atoms with Gasteiger partial charge in [0.25, 0.3) is 0 Å². The minimum atomic E-state index is -1.05. The molecule has 1 aromatic carbocycles. The third kappa shape index (κ3) is 1.87. The van der Waals surface area contributed by atoms with E-state index in [9.17, 15) is 9.90 Å². The second-order valence-electron chi connectivity index (χ2n) is 4.34. The van der Waals surface area contributed by atoms with Gasteiger partial charge in [-0.2, -0.15) is 0 Å². The molecule has 0 bridgehead atoms. The average Bonchev–Trinajstić information content (AvgIpc) is 2.82. The second kappa shape index (κ2) is 4.24. The highest BCUT2D eigenvalue weighted by atomic mass is 16.4. The van der Waals surface area contributed by atoms with Gasteiger partial charge in [0, 0.05) is 18.3 Å². The first-order valence-corrected chi connectivity index (χ1v) is 5.89. The summed E-state index contributed by atoms with van der Waals surface area (Å²) in [5.74, 6) is -0.610. The lowest BCUT2D eigenvalue weighted by Gasteiger charge is -2.19. The van der Waals surface area contributed by atoms with Crippen molar-refractivity contribution in [3.05, 3.63) is 41.5 Å². The SMILES string of the molecule is Nc1cc(C(=O)O)c(N2CCc3ccccc32)nn1. The van der Waals surface area contributed by atoms with E-state index in [-0.39, 0.29) is 11.4 Å². The van der Waals surface area contributed by atoms with Gasteiger partial charge in [-0.15, -0.1) is 10.2 Å². The number of rotatable bonds is 2. The molecular formula is C13H12N4O2. The van der Waals surface area contributed by atoms with Crippen molar-refractivity contribution < 1.29 is 9.90 Å². The Labute approximate surface area is 109 Å². The first-order chi connectivity index (χ1) is 9.16. The number of aromatic carboxylic acids is 1. The Balaban J connectivity index is 2.12. The zero-order chi connectivity index (χ0) is 13.4. The van der Waals surface area contributed by atoms with Crippen molar-refractivity contribution in [2.45, 2.75) is 6.42 Å². The molecule has 3 rings (SSSR count). The number of fused-ring (bicyclic) bond motifs is 1. The van der Waals surface area contributed by atoms with Crippen LogP contribution in [0.3, 0.4) is 0 Å². The minimum Gasteiger partial charge on any atom is -0.478 e. The predicted molar refractivity (Wildman–Crippen MR) is 70.6 cm³/mol. The molecule has 0 spiro atoms. The fraction of sp³-hybridized carbons (Fsp3) is 0.154. The van der Waals surface area contributed by atoms with Gasteiger partial charge in [-0.1, -0.05) is 18.2 Å². The lowest BCUT2D eigenvalue weighted by atomic mass is 10.2. The molecule has 3 N–H and O–H groups in total. The van der Waals surface area contributed by atoms with Gasteiger partial charge in [0.2, 0.25) is 0 Å². The number of carboxylic acid groups (broad SMARTS) is 1. The van der Waals surface area contributed by atoms with E-state index >= 15 is 0 Å². The molecule has 19 heavy (non-hydrogen) atoms. The van der Waals surface area contributed by atoms with Crippen LogP contribution in [0.1, 0.15) is 15.9 Å². The van der Waals surface area contributed by atoms with Gasteiger partial charge in [-0.25, -0.2) is 4.79 Å². The van der Waals surface area contributed by atoms with Gasteiger partial charge >= 0.3 is 5.97 Å². The molecule has 0 amide bonds. The number of anilines is 3. The molecule has 0 saturated carbocycles. The standard InChI is InChI=1S/C13H12N4O2/c14-11-7-9(13(18)19)12(16-15-11)17-6-5-8-3-1-2-4-10(8)17/h1-4,7H,5-6H2,(H2,14,15)(H,18,19). The van der Waals surface area contributed by atoms with E-state index in [4.69, 9.17) is 5.73 Å². The number of nitrogens with two attached hydrogens (primary N) is 1. The highest BCUT2D eigenvalue weighted by Gasteiger charge is 2.25. The van der Waals surface area contributed by atoms with Crippen LogP contribution in [0.4, 0.5) is 17.3 Å². The Morgan fingerprint density at radius 3 is 2.89 bits per heavy atom. The molecule has 0 fully saturated rings. The molecule has 1 aliphatic heterocycles. The summed E-state index contributed by atoms with van der Waals surface area (Å²) in [4.78, 5) is 13.2. The van der Waals surface area contributed by atoms with Crippen molar-refractivity contribution in [1.82, 2.24) is 10.2 Å². The van der Waals surface area contributed by atoms with E-state index < -0.39 is 5.97 Å². The molecule has 2 heterocycles. The van der Waals surface area contributed by atoms with Crippen LogP contribution in [0.2, 0.25) is 0 Å². The number of hydrogen-bond acceptors (Lipinski definition) is 5. The van der Waals surface area contributed by atoms with Crippen molar-refractivity contribution in [2.24, 2.45) is 0 Å². The van der Waals surface area contributed by atoms with Gasteiger partial charge < -0.3 is 15.7 Å². The van der Waals surface area contributed by atoms with Crippen LogP contribution in [0.15, 0.2) is 30.3 Å². The van der Waals surface area contributed by atoms with Gasteiger partial charge in [0.15, 0.2) is 5.82 Å². The minimum absolute atomic E-state index is 0.0733. The maximum absolute atomic E-state index is 11.3. The molecular weight excluding hydrogens is 244 g/mol. The number of aromatic nitrogens is 2. The molecule has 6 nitrogen and oxygen atoms in total. The highest BCUT2D eigenvalue weighted by molar-refractivity contribution is 5.95. The third-order valence-electron chi connectivity index (χ3n) is 3.17. The van der Waals surface area contributed by atoms with E-state index in [1.807, 2.05) is 29.2 Å². The van der Waals surface area contributed by atoms with E-state index in [1.54, 1.807) is 0 Å². The smallest absolute Gasteiger partial charge is 0.339 e. The molecule has 2 aromatic rings. The van der Waals surface area contributed by atoms with Crippen molar-refractivity contribution in [2.75, 3.05) is 17.2 Å². The van der Waals surface area contributed by atoms with Crippen molar-refractivity contribution in [3.63, 3.8) is 0 Å². The normalized spacial score (nSPS) is 13.4. The quantitative estimate of drug-likeness (QED) is 0.844. The topological polar surface area (TPSA) is 92.3 Å². The number of carbonyl (C=O) groups is 1. The van der Waals surface area contributed by atoms with Crippen LogP contribution in [0.25, 0.3) is 0 Å². The van der Waals surface area contributed by atoms with E-state index in [0.717, 1.165) is 12.1 Å². The molecule has 0 saturated heterocycles. The van der Waals surface area contributed by atoms with Crippen LogP contribution < -0.4 is 10.6 Å². The molecule has 0 unspecified atom stereocenters. The van der Waals surface area contributed by atoms with E-state index in [2.05, 4.69) is 10.2 Å². The first kappa shape index (κ1) is 11.5. The zero-order valence-electron chi connectivity index (χ0n) is 10.1. The third-order valence-corrected chi connectivity index (χ3v) is 3.17. The van der Waals surface area contributed by atoms with Crippen LogP contribution >= 0.6 is 0 Å². The van der Waals surface area contributed by atoms with E-state index in [0.29, 0.717) is 12.4 Å². The van der Waals surface area contributed by atoms with E-state index in [1.165, 1.54) is 11.6 Å². The molecule has 6 heteroatoms. The average molecular weight is 256 g/mol. The summed E-state index contributed by atoms with van der Waals surface area (Å²) < 4.78 is 0. The Bertz CT molecular complexity index is 657.